The van der Waals surface area contributed by atoms with E-state index in [9.17, 15) is 19.2 Å². The van der Waals surface area contributed by atoms with Crippen molar-refractivity contribution in [3.63, 3.8) is 0 Å². The van der Waals surface area contributed by atoms with E-state index in [0.717, 1.165) is 19.4 Å². The third kappa shape index (κ3) is 7.25. The zero-order chi connectivity index (χ0) is 23.1. The van der Waals surface area contributed by atoms with Crippen molar-refractivity contribution in [2.75, 3.05) is 6.61 Å². The maximum Gasteiger partial charge on any atom is 0.303 e. The lowest BCUT2D eigenvalue weighted by molar-refractivity contribution is -0.288. The van der Waals surface area contributed by atoms with Gasteiger partial charge in [0.2, 0.25) is 12.4 Å². The molecule has 1 aromatic rings. The van der Waals surface area contributed by atoms with E-state index in [1.165, 1.54) is 13.8 Å². The summed E-state index contributed by atoms with van der Waals surface area (Å²) in [5.41, 5.74) is 0.994. The van der Waals surface area contributed by atoms with Gasteiger partial charge >= 0.3 is 23.9 Å². The molecule has 1 aliphatic rings. The first kappa shape index (κ1) is 24.1. The highest BCUT2D eigenvalue weighted by Crippen LogP contribution is 2.31. The lowest BCUT2D eigenvalue weighted by atomic mass is 9.98. The smallest absolute Gasteiger partial charge is 0.303 e. The highest BCUT2D eigenvalue weighted by molar-refractivity contribution is 5.68. The lowest BCUT2D eigenvalue weighted by Gasteiger charge is -2.43. The van der Waals surface area contributed by atoms with Gasteiger partial charge in [0.1, 0.15) is 18.5 Å². The summed E-state index contributed by atoms with van der Waals surface area (Å²) in [7, 11) is 0. The van der Waals surface area contributed by atoms with E-state index in [0.29, 0.717) is 5.75 Å². The molecule has 170 valence electrons. The van der Waals surface area contributed by atoms with E-state index in [2.05, 4.69) is 0 Å². The molecule has 0 radical (unpaired) electrons. The fraction of sp³-hybridized carbons (Fsp3) is 0.524. The zero-order valence-electron chi connectivity index (χ0n) is 18.0. The Morgan fingerprint density at radius 3 is 1.81 bits per heavy atom. The molecular formula is C21H26O10. The molecule has 10 heteroatoms. The van der Waals surface area contributed by atoms with Gasteiger partial charge in [-0.25, -0.2) is 0 Å². The van der Waals surface area contributed by atoms with Crippen LogP contribution in [0.3, 0.4) is 0 Å². The predicted octanol–water partition coefficient (Wildman–Crippen LogP) is 1.46. The van der Waals surface area contributed by atoms with Crippen LogP contribution in [-0.2, 0) is 42.9 Å². The van der Waals surface area contributed by atoms with Gasteiger partial charge in [-0.15, -0.1) is 0 Å². The second kappa shape index (κ2) is 10.8. The summed E-state index contributed by atoms with van der Waals surface area (Å²) in [6, 6.07) is 6.98. The molecule has 0 amide bonds. The van der Waals surface area contributed by atoms with Crippen LogP contribution in [0.5, 0.6) is 5.75 Å². The number of carbonyl (C=O) groups is 4. The van der Waals surface area contributed by atoms with Crippen molar-refractivity contribution in [2.24, 2.45) is 0 Å². The third-order valence-electron chi connectivity index (χ3n) is 4.22. The van der Waals surface area contributed by atoms with Crippen molar-refractivity contribution in [1.29, 1.82) is 0 Å². The van der Waals surface area contributed by atoms with E-state index in [1.807, 2.05) is 6.92 Å². The predicted molar refractivity (Wildman–Crippen MR) is 104 cm³/mol. The van der Waals surface area contributed by atoms with Crippen LogP contribution >= 0.6 is 0 Å². The molecule has 5 atom stereocenters. The SMILES string of the molecule is CC(=O)OC[C@H]1O[C@H](Oc2ccc(C)cc2)[C@H](OC(C)=O)[C@@H](OC(C)=O)[C@H]1OC(C)=O. The summed E-state index contributed by atoms with van der Waals surface area (Å²) < 4.78 is 32.7. The maximum atomic E-state index is 11.8. The summed E-state index contributed by atoms with van der Waals surface area (Å²) in [6.07, 6.45) is -6.05. The number of aryl methyl sites for hydroxylation is 1. The van der Waals surface area contributed by atoms with Gasteiger partial charge in [-0.3, -0.25) is 19.2 Å². The van der Waals surface area contributed by atoms with Crippen LogP contribution < -0.4 is 4.74 Å². The fourth-order valence-electron chi connectivity index (χ4n) is 3.03. The standard InChI is InChI=1S/C21H26O10/c1-11-6-8-16(9-7-11)30-21-20(29-15(5)25)19(28-14(4)24)18(27-13(3)23)17(31-21)10-26-12(2)22/h6-9,17-21H,10H2,1-5H3/t17-,18+,19+,20-,21+/m1/s1. The number of ether oxygens (including phenoxy) is 6. The number of hydrogen-bond acceptors (Lipinski definition) is 10. The molecule has 1 fully saturated rings. The van der Waals surface area contributed by atoms with E-state index in [1.54, 1.807) is 24.3 Å². The molecule has 0 N–H and O–H groups in total. The molecule has 1 aliphatic heterocycles. The summed E-state index contributed by atoms with van der Waals surface area (Å²) in [5, 5.41) is 0. The van der Waals surface area contributed by atoms with Gasteiger partial charge in [-0.05, 0) is 19.1 Å². The van der Waals surface area contributed by atoms with Crippen LogP contribution in [0.15, 0.2) is 24.3 Å². The summed E-state index contributed by atoms with van der Waals surface area (Å²) in [4.78, 5) is 46.6. The molecule has 0 saturated carbocycles. The van der Waals surface area contributed by atoms with Crippen LogP contribution in [0.25, 0.3) is 0 Å². The second-order valence-electron chi connectivity index (χ2n) is 7.00. The minimum atomic E-state index is -1.27. The fourth-order valence-corrected chi connectivity index (χ4v) is 3.03. The molecule has 1 aromatic carbocycles. The second-order valence-corrected chi connectivity index (χ2v) is 7.00. The van der Waals surface area contributed by atoms with Crippen molar-refractivity contribution in [2.45, 2.75) is 65.3 Å². The van der Waals surface area contributed by atoms with Gasteiger partial charge in [-0.2, -0.15) is 0 Å². The molecule has 0 aliphatic carbocycles. The lowest BCUT2D eigenvalue weighted by Crippen LogP contribution is -2.63. The van der Waals surface area contributed by atoms with E-state index >= 15 is 0 Å². The van der Waals surface area contributed by atoms with Crippen LogP contribution in [0.4, 0.5) is 0 Å². The molecule has 1 heterocycles. The average molecular weight is 438 g/mol. The van der Waals surface area contributed by atoms with E-state index in [4.69, 9.17) is 28.4 Å². The summed E-state index contributed by atoms with van der Waals surface area (Å²) in [6.45, 7) is 6.27. The molecule has 10 nitrogen and oxygen atoms in total. The van der Waals surface area contributed by atoms with Crippen molar-refractivity contribution in [3.05, 3.63) is 29.8 Å². The van der Waals surface area contributed by atoms with Crippen LogP contribution in [0.2, 0.25) is 0 Å². The molecule has 0 bridgehead atoms. The van der Waals surface area contributed by atoms with Crippen LogP contribution in [-0.4, -0.2) is 61.2 Å². The van der Waals surface area contributed by atoms with Crippen molar-refractivity contribution >= 4 is 23.9 Å². The Morgan fingerprint density at radius 1 is 0.774 bits per heavy atom. The summed E-state index contributed by atoms with van der Waals surface area (Å²) >= 11 is 0. The average Bonchev–Trinajstić information content (AvgIpc) is 2.65. The van der Waals surface area contributed by atoms with E-state index in [-0.39, 0.29) is 6.61 Å². The first-order valence-corrected chi connectivity index (χ1v) is 9.60. The molecule has 31 heavy (non-hydrogen) atoms. The normalized spacial score (nSPS) is 25.1. The highest BCUT2D eigenvalue weighted by atomic mass is 16.7. The molecule has 1 saturated heterocycles. The van der Waals surface area contributed by atoms with E-state index < -0.39 is 54.6 Å². The number of benzene rings is 1. The van der Waals surface area contributed by atoms with Gasteiger partial charge in [0.15, 0.2) is 12.2 Å². The molecule has 0 unspecified atom stereocenters. The highest BCUT2D eigenvalue weighted by Gasteiger charge is 2.53. The minimum absolute atomic E-state index is 0.314. The van der Waals surface area contributed by atoms with Crippen molar-refractivity contribution in [3.8, 4) is 5.75 Å². The maximum absolute atomic E-state index is 11.8. The number of esters is 4. The topological polar surface area (TPSA) is 124 Å². The monoisotopic (exact) mass is 438 g/mol. The van der Waals surface area contributed by atoms with Crippen molar-refractivity contribution < 1.29 is 47.6 Å². The van der Waals surface area contributed by atoms with Crippen LogP contribution in [0.1, 0.15) is 33.3 Å². The van der Waals surface area contributed by atoms with Gasteiger partial charge in [-0.1, -0.05) is 17.7 Å². The van der Waals surface area contributed by atoms with Gasteiger partial charge in [0.05, 0.1) is 0 Å². The molecule has 0 spiro atoms. The number of carbonyl (C=O) groups excluding carboxylic acids is 4. The first-order valence-electron chi connectivity index (χ1n) is 9.60. The molecule has 2 rings (SSSR count). The van der Waals surface area contributed by atoms with Gasteiger partial charge < -0.3 is 28.4 Å². The van der Waals surface area contributed by atoms with Crippen LogP contribution in [0, 0.1) is 6.92 Å². The number of hydrogen-bond donors (Lipinski definition) is 0. The Kier molecular flexibility index (Phi) is 8.38. The van der Waals surface area contributed by atoms with Gasteiger partial charge in [0, 0.05) is 27.7 Å². The zero-order valence-corrected chi connectivity index (χ0v) is 18.0. The summed E-state index contributed by atoms with van der Waals surface area (Å²) in [5.74, 6) is -2.29. The Balaban J connectivity index is 2.43. The quantitative estimate of drug-likeness (QED) is 0.456. The largest absolute Gasteiger partial charge is 0.463 e. The Bertz CT molecular complexity index is 803. The van der Waals surface area contributed by atoms with Crippen molar-refractivity contribution in [1.82, 2.24) is 0 Å². The Morgan fingerprint density at radius 2 is 1.29 bits per heavy atom. The number of rotatable bonds is 7. The third-order valence-corrected chi connectivity index (χ3v) is 4.22. The Labute approximate surface area is 179 Å². The molecule has 0 aromatic heterocycles. The van der Waals surface area contributed by atoms with Gasteiger partial charge in [0.25, 0.3) is 0 Å². The Hall–Kier alpha value is -3.14. The molecular weight excluding hydrogens is 412 g/mol. The first-order chi connectivity index (χ1) is 14.6. The minimum Gasteiger partial charge on any atom is -0.463 e.